The maximum absolute atomic E-state index is 13.1. The van der Waals surface area contributed by atoms with Crippen molar-refractivity contribution in [3.63, 3.8) is 0 Å². The summed E-state index contributed by atoms with van der Waals surface area (Å²) in [7, 11) is -0.600. The molecule has 136 valence electrons. The molecule has 5 nitrogen and oxygen atoms in total. The van der Waals surface area contributed by atoms with Crippen LogP contribution in [-0.4, -0.2) is 29.4 Å². The Bertz CT molecular complexity index is 820. The first kappa shape index (κ1) is 18.4. The Balaban J connectivity index is 1.94. The van der Waals surface area contributed by atoms with Gasteiger partial charge in [-0.3, -0.25) is 0 Å². The van der Waals surface area contributed by atoms with Gasteiger partial charge in [0.25, 0.3) is 0 Å². The minimum absolute atomic E-state index is 0.106. The summed E-state index contributed by atoms with van der Waals surface area (Å²) in [5.74, 6) is -1.42. The van der Waals surface area contributed by atoms with Gasteiger partial charge in [0.05, 0.1) is 22.5 Å². The van der Waals surface area contributed by atoms with Crippen molar-refractivity contribution in [2.75, 3.05) is 5.32 Å². The van der Waals surface area contributed by atoms with Crippen molar-refractivity contribution in [2.24, 2.45) is 0 Å². The van der Waals surface area contributed by atoms with E-state index < -0.39 is 24.3 Å². The first-order valence-electron chi connectivity index (χ1n) is 8.34. The average molecular weight is 357 g/mol. The second-order valence-electron chi connectivity index (χ2n) is 7.33. The Morgan fingerprint density at radius 3 is 2.15 bits per heavy atom. The van der Waals surface area contributed by atoms with Crippen LogP contribution in [0.5, 0.6) is 0 Å². The van der Waals surface area contributed by atoms with E-state index in [-0.39, 0.29) is 11.4 Å². The van der Waals surface area contributed by atoms with Gasteiger partial charge in [-0.1, -0.05) is 6.07 Å². The number of carboxylic acids is 1. The third-order valence-electron chi connectivity index (χ3n) is 4.92. The van der Waals surface area contributed by atoms with Crippen LogP contribution >= 0.6 is 0 Å². The molecule has 7 heteroatoms. The number of hydrogen-bond acceptors (Lipinski definition) is 4. The monoisotopic (exact) mass is 357 g/mol. The van der Waals surface area contributed by atoms with Crippen LogP contribution in [-0.2, 0) is 9.31 Å². The highest BCUT2D eigenvalue weighted by molar-refractivity contribution is 6.62. The molecule has 0 amide bonds. The number of hydrogen-bond donors (Lipinski definition) is 2. The minimum atomic E-state index is -1.06. The average Bonchev–Trinajstić information content (AvgIpc) is 2.77. The topological polar surface area (TPSA) is 67.8 Å². The highest BCUT2D eigenvalue weighted by atomic mass is 19.1. The Morgan fingerprint density at radius 2 is 1.62 bits per heavy atom. The summed E-state index contributed by atoms with van der Waals surface area (Å²) in [6.07, 6.45) is 0. The van der Waals surface area contributed by atoms with Crippen LogP contribution in [0.2, 0.25) is 0 Å². The summed E-state index contributed by atoms with van der Waals surface area (Å²) < 4.78 is 25.1. The molecule has 26 heavy (non-hydrogen) atoms. The van der Waals surface area contributed by atoms with Gasteiger partial charge in [0.1, 0.15) is 5.82 Å². The molecule has 1 aliphatic rings. The Labute approximate surface area is 152 Å². The summed E-state index contributed by atoms with van der Waals surface area (Å²) in [5.41, 5.74) is 0.797. The van der Waals surface area contributed by atoms with Crippen LogP contribution < -0.4 is 10.8 Å². The third kappa shape index (κ3) is 3.45. The van der Waals surface area contributed by atoms with Crippen LogP contribution in [0.3, 0.4) is 0 Å². The van der Waals surface area contributed by atoms with Gasteiger partial charge in [0.15, 0.2) is 0 Å². The molecule has 1 heterocycles. The standard InChI is InChI=1S/C19H21BFNO4/c1-18(2)19(3,4)26-20(25-18)12-5-10-15(17(23)24)16(11-12)22-14-8-6-13(21)7-9-14/h5-11,22H,1-4H3,(H,23,24). The van der Waals surface area contributed by atoms with Crippen LogP contribution in [0.4, 0.5) is 15.8 Å². The van der Waals surface area contributed by atoms with Crippen molar-refractivity contribution in [3.05, 3.63) is 53.8 Å². The fraction of sp³-hybridized carbons (Fsp3) is 0.316. The summed E-state index contributed by atoms with van der Waals surface area (Å²) in [4.78, 5) is 11.5. The van der Waals surface area contributed by atoms with Crippen molar-refractivity contribution >= 4 is 29.9 Å². The predicted molar refractivity (Wildman–Crippen MR) is 98.8 cm³/mol. The molecule has 0 saturated carbocycles. The molecule has 0 unspecified atom stereocenters. The Morgan fingerprint density at radius 1 is 1.04 bits per heavy atom. The van der Waals surface area contributed by atoms with E-state index in [0.29, 0.717) is 16.8 Å². The predicted octanol–water partition coefficient (Wildman–Crippen LogP) is 3.57. The molecule has 2 N–H and O–H groups in total. The molecule has 0 bridgehead atoms. The molecule has 0 atom stereocenters. The van der Waals surface area contributed by atoms with E-state index in [2.05, 4.69) is 5.32 Å². The molecule has 3 rings (SSSR count). The molecule has 2 aromatic carbocycles. The third-order valence-corrected chi connectivity index (χ3v) is 4.92. The SMILES string of the molecule is CC1(C)OB(c2ccc(C(=O)O)c(Nc3ccc(F)cc3)c2)OC1(C)C. The normalized spacial score (nSPS) is 18.0. The summed E-state index contributed by atoms with van der Waals surface area (Å²) in [6, 6.07) is 10.6. The van der Waals surface area contributed by atoms with Gasteiger partial charge in [-0.25, -0.2) is 9.18 Å². The first-order valence-corrected chi connectivity index (χ1v) is 8.34. The summed E-state index contributed by atoms with van der Waals surface area (Å²) in [5, 5.41) is 12.5. The number of carboxylic acid groups (broad SMARTS) is 1. The first-order chi connectivity index (χ1) is 12.1. The molecule has 1 aliphatic heterocycles. The van der Waals surface area contributed by atoms with Gasteiger partial charge in [0, 0.05) is 5.69 Å². The van der Waals surface area contributed by atoms with Gasteiger partial charge in [0.2, 0.25) is 0 Å². The number of anilines is 2. The number of carbonyl (C=O) groups is 1. The van der Waals surface area contributed by atoms with E-state index in [0.717, 1.165) is 0 Å². The molecule has 2 aromatic rings. The molecular weight excluding hydrogens is 336 g/mol. The molecular formula is C19H21BFNO4. The van der Waals surface area contributed by atoms with Gasteiger partial charge < -0.3 is 19.7 Å². The zero-order valence-electron chi connectivity index (χ0n) is 15.2. The van der Waals surface area contributed by atoms with Crippen LogP contribution in [0.25, 0.3) is 0 Å². The van der Waals surface area contributed by atoms with Crippen LogP contribution in [0.1, 0.15) is 38.1 Å². The van der Waals surface area contributed by atoms with Crippen molar-refractivity contribution < 1.29 is 23.6 Å². The molecule has 0 aromatic heterocycles. The number of nitrogens with one attached hydrogen (secondary N) is 1. The fourth-order valence-corrected chi connectivity index (χ4v) is 2.67. The van der Waals surface area contributed by atoms with Crippen LogP contribution in [0.15, 0.2) is 42.5 Å². The molecule has 1 saturated heterocycles. The number of benzene rings is 2. The zero-order valence-corrected chi connectivity index (χ0v) is 15.2. The minimum Gasteiger partial charge on any atom is -0.478 e. The van der Waals surface area contributed by atoms with E-state index in [1.54, 1.807) is 24.3 Å². The highest BCUT2D eigenvalue weighted by Gasteiger charge is 2.51. The second kappa shape index (κ2) is 6.41. The van der Waals surface area contributed by atoms with Gasteiger partial charge >= 0.3 is 13.1 Å². The smallest absolute Gasteiger partial charge is 0.478 e. The van der Waals surface area contributed by atoms with E-state index in [1.807, 2.05) is 27.7 Å². The van der Waals surface area contributed by atoms with E-state index >= 15 is 0 Å². The van der Waals surface area contributed by atoms with Gasteiger partial charge in [-0.2, -0.15) is 0 Å². The van der Waals surface area contributed by atoms with Gasteiger partial charge in [-0.05, 0) is 69.6 Å². The Hall–Kier alpha value is -2.38. The lowest BCUT2D eigenvalue weighted by molar-refractivity contribution is 0.00578. The largest absolute Gasteiger partial charge is 0.494 e. The molecule has 0 aliphatic carbocycles. The van der Waals surface area contributed by atoms with Crippen LogP contribution in [0, 0.1) is 5.82 Å². The lowest BCUT2D eigenvalue weighted by atomic mass is 9.78. The maximum Gasteiger partial charge on any atom is 0.494 e. The summed E-state index contributed by atoms with van der Waals surface area (Å²) in [6.45, 7) is 7.82. The van der Waals surface area contributed by atoms with Crippen molar-refractivity contribution in [3.8, 4) is 0 Å². The quantitative estimate of drug-likeness (QED) is 0.819. The second-order valence-corrected chi connectivity index (χ2v) is 7.33. The van der Waals surface area contributed by atoms with Crippen molar-refractivity contribution in [2.45, 2.75) is 38.9 Å². The van der Waals surface area contributed by atoms with Crippen molar-refractivity contribution in [1.29, 1.82) is 0 Å². The number of rotatable bonds is 4. The summed E-state index contributed by atoms with van der Waals surface area (Å²) >= 11 is 0. The van der Waals surface area contributed by atoms with E-state index in [1.165, 1.54) is 18.2 Å². The van der Waals surface area contributed by atoms with Gasteiger partial charge in [-0.15, -0.1) is 0 Å². The molecule has 0 radical (unpaired) electrons. The highest BCUT2D eigenvalue weighted by Crippen LogP contribution is 2.36. The number of halogens is 1. The Kier molecular flexibility index (Phi) is 4.54. The maximum atomic E-state index is 13.1. The van der Waals surface area contributed by atoms with E-state index in [4.69, 9.17) is 9.31 Å². The number of aromatic carboxylic acids is 1. The zero-order chi connectivity index (χ0) is 19.1. The molecule has 0 spiro atoms. The van der Waals surface area contributed by atoms with Crippen molar-refractivity contribution in [1.82, 2.24) is 0 Å². The lowest BCUT2D eigenvalue weighted by Crippen LogP contribution is -2.41. The van der Waals surface area contributed by atoms with E-state index in [9.17, 15) is 14.3 Å². The fourth-order valence-electron chi connectivity index (χ4n) is 2.67. The molecule has 1 fully saturated rings. The lowest BCUT2D eigenvalue weighted by Gasteiger charge is -2.32.